The van der Waals surface area contributed by atoms with E-state index in [1.54, 1.807) is 0 Å². The first kappa shape index (κ1) is 15.2. The average molecular weight is 310 g/mol. The predicted molar refractivity (Wildman–Crippen MR) is 96.9 cm³/mol. The molecule has 0 atom stereocenters. The molecule has 1 fully saturated rings. The number of anilines is 1. The van der Waals surface area contributed by atoms with Gasteiger partial charge in [0.25, 0.3) is 0 Å². The Bertz CT molecular complexity index is 660. The molecular formula is C19H22N2S. The summed E-state index contributed by atoms with van der Waals surface area (Å²) in [6.07, 6.45) is 1.95. The summed E-state index contributed by atoms with van der Waals surface area (Å²) in [5.41, 5.74) is 3.82. The van der Waals surface area contributed by atoms with Gasteiger partial charge in [0.1, 0.15) is 0 Å². The van der Waals surface area contributed by atoms with Crippen molar-refractivity contribution in [3.63, 3.8) is 0 Å². The molecule has 3 heteroatoms. The number of piperazine rings is 1. The molecule has 0 bridgehead atoms. The Morgan fingerprint density at radius 1 is 1.09 bits per heavy atom. The van der Waals surface area contributed by atoms with Crippen molar-refractivity contribution in [2.24, 2.45) is 0 Å². The first-order chi connectivity index (χ1) is 10.8. The maximum absolute atomic E-state index is 3.95. The fraction of sp³-hybridized carbons (Fsp3) is 0.263. The first-order valence-electron chi connectivity index (χ1n) is 7.73. The lowest BCUT2D eigenvalue weighted by Crippen LogP contribution is -2.43. The van der Waals surface area contributed by atoms with Gasteiger partial charge in [-0.3, -0.25) is 0 Å². The molecule has 0 aromatic heterocycles. The second-order valence-electron chi connectivity index (χ2n) is 5.55. The Hall–Kier alpha value is -1.71. The minimum atomic E-state index is 1.06. The molecule has 1 aliphatic rings. The van der Waals surface area contributed by atoms with Crippen molar-refractivity contribution in [2.45, 2.75) is 16.7 Å². The summed E-state index contributed by atoms with van der Waals surface area (Å²) in [4.78, 5) is 5.06. The van der Waals surface area contributed by atoms with Gasteiger partial charge in [-0.25, -0.2) is 0 Å². The second kappa shape index (κ2) is 7.03. The standard InChI is InChI=1S/C19H22N2S/c1-3-16-14-15(2)8-9-18(16)22-19-7-5-4-6-17(19)21-12-10-20-11-13-21/h3-9,14,20H,1,10-13H2,2H3. The molecular weight excluding hydrogens is 288 g/mol. The summed E-state index contributed by atoms with van der Waals surface area (Å²) in [6, 6.07) is 15.3. The maximum atomic E-state index is 3.95. The number of nitrogens with zero attached hydrogens (tertiary/aromatic N) is 1. The third-order valence-corrected chi connectivity index (χ3v) is 5.08. The van der Waals surface area contributed by atoms with Gasteiger partial charge in [-0.1, -0.05) is 54.2 Å². The number of hydrogen-bond acceptors (Lipinski definition) is 3. The zero-order chi connectivity index (χ0) is 15.4. The lowest BCUT2D eigenvalue weighted by molar-refractivity contribution is 0.587. The summed E-state index contributed by atoms with van der Waals surface area (Å²) in [5, 5.41) is 3.42. The molecule has 1 heterocycles. The average Bonchev–Trinajstić information content (AvgIpc) is 2.57. The monoisotopic (exact) mass is 310 g/mol. The summed E-state index contributed by atoms with van der Waals surface area (Å²) < 4.78 is 0. The molecule has 1 aliphatic heterocycles. The molecule has 1 N–H and O–H groups in total. The highest BCUT2D eigenvalue weighted by Crippen LogP contribution is 2.37. The third kappa shape index (κ3) is 3.37. The molecule has 0 amide bonds. The van der Waals surface area contributed by atoms with E-state index >= 15 is 0 Å². The summed E-state index contributed by atoms with van der Waals surface area (Å²) in [6.45, 7) is 10.3. The fourth-order valence-electron chi connectivity index (χ4n) is 2.75. The SMILES string of the molecule is C=Cc1cc(C)ccc1Sc1ccccc1N1CCNCC1. The molecule has 2 aromatic carbocycles. The summed E-state index contributed by atoms with van der Waals surface area (Å²) in [7, 11) is 0. The van der Waals surface area contributed by atoms with Gasteiger partial charge in [0.2, 0.25) is 0 Å². The Morgan fingerprint density at radius 2 is 1.86 bits per heavy atom. The Morgan fingerprint density at radius 3 is 2.64 bits per heavy atom. The molecule has 0 saturated carbocycles. The summed E-state index contributed by atoms with van der Waals surface area (Å²) in [5.74, 6) is 0. The summed E-state index contributed by atoms with van der Waals surface area (Å²) >= 11 is 1.83. The molecule has 2 nitrogen and oxygen atoms in total. The van der Waals surface area contributed by atoms with Crippen molar-refractivity contribution in [2.75, 3.05) is 31.1 Å². The Kier molecular flexibility index (Phi) is 4.86. The first-order valence-corrected chi connectivity index (χ1v) is 8.55. The van der Waals surface area contributed by atoms with Gasteiger partial charge in [0, 0.05) is 36.0 Å². The van der Waals surface area contributed by atoms with Crippen molar-refractivity contribution >= 4 is 23.5 Å². The van der Waals surface area contributed by atoms with Crippen LogP contribution in [0.4, 0.5) is 5.69 Å². The number of para-hydroxylation sites is 1. The van der Waals surface area contributed by atoms with Gasteiger partial charge in [-0.15, -0.1) is 0 Å². The largest absolute Gasteiger partial charge is 0.368 e. The fourth-order valence-corrected chi connectivity index (χ4v) is 3.83. The van der Waals surface area contributed by atoms with E-state index in [1.807, 2.05) is 17.8 Å². The molecule has 0 radical (unpaired) electrons. The van der Waals surface area contributed by atoms with Crippen LogP contribution in [0.15, 0.2) is 58.8 Å². The molecule has 1 saturated heterocycles. The van der Waals surface area contributed by atoms with Gasteiger partial charge in [-0.05, 0) is 30.7 Å². The number of rotatable bonds is 4. The molecule has 0 spiro atoms. The molecule has 0 unspecified atom stereocenters. The normalized spacial score (nSPS) is 14.9. The van der Waals surface area contributed by atoms with Crippen LogP contribution in [0.25, 0.3) is 6.08 Å². The third-order valence-electron chi connectivity index (χ3n) is 3.93. The van der Waals surface area contributed by atoms with Crippen LogP contribution in [0.1, 0.15) is 11.1 Å². The van der Waals surface area contributed by atoms with Crippen LogP contribution in [0.2, 0.25) is 0 Å². The highest BCUT2D eigenvalue weighted by Gasteiger charge is 2.15. The molecule has 22 heavy (non-hydrogen) atoms. The predicted octanol–water partition coefficient (Wildman–Crippen LogP) is 4.20. The topological polar surface area (TPSA) is 15.3 Å². The highest BCUT2D eigenvalue weighted by atomic mass is 32.2. The van der Waals surface area contributed by atoms with E-state index in [0.717, 1.165) is 26.2 Å². The molecule has 3 rings (SSSR count). The van der Waals surface area contributed by atoms with Crippen LogP contribution in [0.3, 0.4) is 0 Å². The Labute approximate surface area is 137 Å². The maximum Gasteiger partial charge on any atom is 0.0508 e. The highest BCUT2D eigenvalue weighted by molar-refractivity contribution is 7.99. The van der Waals surface area contributed by atoms with E-state index in [0.29, 0.717) is 0 Å². The minimum Gasteiger partial charge on any atom is -0.368 e. The van der Waals surface area contributed by atoms with Crippen LogP contribution in [0, 0.1) is 6.92 Å². The van der Waals surface area contributed by atoms with E-state index in [-0.39, 0.29) is 0 Å². The van der Waals surface area contributed by atoms with E-state index < -0.39 is 0 Å². The Balaban J connectivity index is 1.91. The number of nitrogens with one attached hydrogen (secondary N) is 1. The van der Waals surface area contributed by atoms with Crippen LogP contribution in [-0.4, -0.2) is 26.2 Å². The van der Waals surface area contributed by atoms with Gasteiger partial charge in [0.15, 0.2) is 0 Å². The minimum absolute atomic E-state index is 1.06. The van der Waals surface area contributed by atoms with Crippen molar-refractivity contribution in [3.8, 4) is 0 Å². The van der Waals surface area contributed by atoms with Crippen LogP contribution < -0.4 is 10.2 Å². The van der Waals surface area contributed by atoms with E-state index in [4.69, 9.17) is 0 Å². The van der Waals surface area contributed by atoms with Crippen LogP contribution >= 0.6 is 11.8 Å². The zero-order valence-electron chi connectivity index (χ0n) is 13.0. The molecule has 2 aromatic rings. The van der Waals surface area contributed by atoms with Gasteiger partial charge in [0.05, 0.1) is 5.69 Å². The number of aryl methyl sites for hydroxylation is 1. The quantitative estimate of drug-likeness (QED) is 0.911. The smallest absolute Gasteiger partial charge is 0.0508 e. The van der Waals surface area contributed by atoms with Crippen molar-refractivity contribution in [1.29, 1.82) is 0 Å². The van der Waals surface area contributed by atoms with E-state index in [1.165, 1.54) is 26.6 Å². The van der Waals surface area contributed by atoms with E-state index in [2.05, 4.69) is 66.2 Å². The van der Waals surface area contributed by atoms with Crippen molar-refractivity contribution < 1.29 is 0 Å². The lowest BCUT2D eigenvalue weighted by Gasteiger charge is -2.31. The second-order valence-corrected chi connectivity index (χ2v) is 6.64. The lowest BCUT2D eigenvalue weighted by atomic mass is 10.1. The van der Waals surface area contributed by atoms with Gasteiger partial charge >= 0.3 is 0 Å². The molecule has 0 aliphatic carbocycles. The van der Waals surface area contributed by atoms with Crippen molar-refractivity contribution in [1.82, 2.24) is 5.32 Å². The molecule has 114 valence electrons. The van der Waals surface area contributed by atoms with Gasteiger partial charge in [-0.2, -0.15) is 0 Å². The van der Waals surface area contributed by atoms with Crippen molar-refractivity contribution in [3.05, 3.63) is 60.2 Å². The number of benzene rings is 2. The number of hydrogen-bond donors (Lipinski definition) is 1. The zero-order valence-corrected chi connectivity index (χ0v) is 13.8. The van der Waals surface area contributed by atoms with Crippen LogP contribution in [0.5, 0.6) is 0 Å². The van der Waals surface area contributed by atoms with Crippen LogP contribution in [-0.2, 0) is 0 Å². The van der Waals surface area contributed by atoms with E-state index in [9.17, 15) is 0 Å². The van der Waals surface area contributed by atoms with Gasteiger partial charge < -0.3 is 10.2 Å².